The summed E-state index contributed by atoms with van der Waals surface area (Å²) in [6, 6.07) is 10.5. The van der Waals surface area contributed by atoms with Gasteiger partial charge in [-0.05, 0) is 48.9 Å². The lowest BCUT2D eigenvalue weighted by molar-refractivity contribution is 0.600. The molecule has 0 saturated carbocycles. The number of sulfone groups is 1. The third kappa shape index (κ3) is 2.54. The molecule has 0 bridgehead atoms. The summed E-state index contributed by atoms with van der Waals surface area (Å²) in [4.78, 5) is 1.05. The van der Waals surface area contributed by atoms with Crippen LogP contribution in [-0.2, 0) is 9.84 Å². The van der Waals surface area contributed by atoms with Crippen LogP contribution in [0.15, 0.2) is 56.9 Å². The van der Waals surface area contributed by atoms with E-state index in [0.717, 1.165) is 22.2 Å². The van der Waals surface area contributed by atoms with E-state index in [2.05, 4.69) is 15.9 Å². The van der Waals surface area contributed by atoms with Gasteiger partial charge in [0.15, 0.2) is 4.91 Å². The van der Waals surface area contributed by atoms with Crippen LogP contribution in [0.25, 0.3) is 0 Å². The molecule has 0 N–H and O–H groups in total. The zero-order valence-electron chi connectivity index (χ0n) is 11.9. The van der Waals surface area contributed by atoms with E-state index in [9.17, 15) is 12.8 Å². The third-order valence-electron chi connectivity index (χ3n) is 3.54. The molecule has 0 saturated heterocycles. The summed E-state index contributed by atoms with van der Waals surface area (Å²) in [6.45, 7) is 1.88. The van der Waals surface area contributed by atoms with Crippen molar-refractivity contribution in [2.45, 2.75) is 11.8 Å². The Morgan fingerprint density at radius 2 is 1.96 bits per heavy atom. The van der Waals surface area contributed by atoms with E-state index in [1.807, 2.05) is 19.1 Å². The molecule has 0 atom stereocenters. The van der Waals surface area contributed by atoms with Crippen molar-refractivity contribution in [3.63, 3.8) is 0 Å². The Labute approximate surface area is 141 Å². The predicted octanol–water partition coefficient (Wildman–Crippen LogP) is 4.19. The number of nitriles is 1. The number of allylic oxidation sites excluding steroid dienone is 1. The van der Waals surface area contributed by atoms with E-state index in [1.54, 1.807) is 12.1 Å². The fourth-order valence-electron chi connectivity index (χ4n) is 2.36. The number of anilines is 2. The SMILES string of the molecule is Cc1cc(N2C=C(C#N)S(=O)(=O)c3ccc(F)cc32)ccc1Br. The lowest BCUT2D eigenvalue weighted by Gasteiger charge is -2.27. The Hall–Kier alpha value is -2.17. The van der Waals surface area contributed by atoms with Gasteiger partial charge in [-0.3, -0.25) is 0 Å². The number of aryl methyl sites for hydroxylation is 1. The van der Waals surface area contributed by atoms with Crippen molar-refractivity contribution in [3.05, 3.63) is 63.4 Å². The summed E-state index contributed by atoms with van der Waals surface area (Å²) in [5, 5.41) is 9.16. The van der Waals surface area contributed by atoms with Gasteiger partial charge in [-0.1, -0.05) is 15.9 Å². The fourth-order valence-corrected chi connectivity index (χ4v) is 3.89. The number of nitrogens with zero attached hydrogens (tertiary/aromatic N) is 2. The van der Waals surface area contributed by atoms with Gasteiger partial charge < -0.3 is 4.90 Å². The van der Waals surface area contributed by atoms with E-state index >= 15 is 0 Å². The maximum atomic E-state index is 13.6. The lowest BCUT2D eigenvalue weighted by atomic mass is 10.2. The standard InChI is InChI=1S/C16H10BrFN2O2S/c1-10-6-12(3-4-14(10)17)20-9-13(8-19)23(21,22)16-5-2-11(18)7-15(16)20/h2-7,9H,1H3. The molecule has 23 heavy (non-hydrogen) atoms. The van der Waals surface area contributed by atoms with E-state index in [1.165, 1.54) is 17.2 Å². The zero-order valence-corrected chi connectivity index (χ0v) is 14.3. The molecule has 1 aliphatic heterocycles. The first-order chi connectivity index (χ1) is 10.8. The molecule has 116 valence electrons. The van der Waals surface area contributed by atoms with Crippen molar-refractivity contribution in [2.75, 3.05) is 4.90 Å². The van der Waals surface area contributed by atoms with Crippen LogP contribution in [0.5, 0.6) is 0 Å². The molecule has 7 heteroatoms. The van der Waals surface area contributed by atoms with E-state index in [0.29, 0.717) is 5.69 Å². The molecule has 0 fully saturated rings. The molecule has 0 amide bonds. The second-order valence-electron chi connectivity index (χ2n) is 5.02. The normalized spacial score (nSPS) is 15.6. The second kappa shape index (κ2) is 5.48. The van der Waals surface area contributed by atoms with E-state index < -0.39 is 15.7 Å². The van der Waals surface area contributed by atoms with Crippen molar-refractivity contribution in [1.82, 2.24) is 0 Å². The lowest BCUT2D eigenvalue weighted by Crippen LogP contribution is -2.21. The van der Waals surface area contributed by atoms with Gasteiger partial charge in [0.1, 0.15) is 11.9 Å². The maximum absolute atomic E-state index is 13.6. The molecule has 0 aliphatic carbocycles. The van der Waals surface area contributed by atoms with Crippen LogP contribution in [0.2, 0.25) is 0 Å². The van der Waals surface area contributed by atoms with Crippen LogP contribution in [0, 0.1) is 24.1 Å². The Kier molecular flexibility index (Phi) is 3.74. The van der Waals surface area contributed by atoms with Crippen molar-refractivity contribution in [1.29, 1.82) is 5.26 Å². The van der Waals surface area contributed by atoms with Crippen molar-refractivity contribution >= 4 is 37.1 Å². The molecule has 1 heterocycles. The van der Waals surface area contributed by atoms with Gasteiger partial charge in [-0.15, -0.1) is 0 Å². The number of hydrogen-bond acceptors (Lipinski definition) is 4. The Bertz CT molecular complexity index is 994. The third-order valence-corrected chi connectivity index (χ3v) is 6.13. The first-order valence-corrected chi connectivity index (χ1v) is 8.84. The van der Waals surface area contributed by atoms with Crippen LogP contribution in [-0.4, -0.2) is 8.42 Å². The van der Waals surface area contributed by atoms with Gasteiger partial charge in [0.25, 0.3) is 0 Å². The number of hydrogen-bond donors (Lipinski definition) is 0. The Morgan fingerprint density at radius 1 is 1.22 bits per heavy atom. The highest BCUT2D eigenvalue weighted by molar-refractivity contribution is 9.10. The van der Waals surface area contributed by atoms with Crippen molar-refractivity contribution < 1.29 is 12.8 Å². The summed E-state index contributed by atoms with van der Waals surface area (Å²) in [5.41, 5.74) is 1.76. The number of rotatable bonds is 1. The number of benzene rings is 2. The molecule has 0 unspecified atom stereocenters. The van der Waals surface area contributed by atoms with Gasteiger partial charge in [0.2, 0.25) is 9.84 Å². The highest BCUT2D eigenvalue weighted by Gasteiger charge is 2.32. The zero-order chi connectivity index (χ0) is 16.8. The minimum absolute atomic E-state index is 0.0847. The summed E-state index contributed by atoms with van der Waals surface area (Å²) in [5.74, 6) is -0.549. The maximum Gasteiger partial charge on any atom is 0.220 e. The molecule has 3 rings (SSSR count). The van der Waals surface area contributed by atoms with Crippen molar-refractivity contribution in [2.24, 2.45) is 0 Å². The monoisotopic (exact) mass is 392 g/mol. The second-order valence-corrected chi connectivity index (χ2v) is 7.76. The predicted molar refractivity (Wildman–Crippen MR) is 88.3 cm³/mol. The van der Waals surface area contributed by atoms with Gasteiger partial charge >= 0.3 is 0 Å². The number of halogens is 2. The molecular formula is C16H10BrFN2O2S. The molecule has 1 aliphatic rings. The van der Waals surface area contributed by atoms with E-state index in [4.69, 9.17) is 5.26 Å². The molecule has 2 aromatic rings. The summed E-state index contributed by atoms with van der Waals surface area (Å²) in [6.07, 6.45) is 1.22. The van der Waals surface area contributed by atoms with Gasteiger partial charge in [0.05, 0.1) is 10.6 Å². The molecule has 0 radical (unpaired) electrons. The van der Waals surface area contributed by atoms with Crippen molar-refractivity contribution in [3.8, 4) is 6.07 Å². The van der Waals surface area contributed by atoms with Gasteiger partial charge in [-0.2, -0.15) is 5.26 Å². The van der Waals surface area contributed by atoms with Crippen LogP contribution < -0.4 is 4.90 Å². The topological polar surface area (TPSA) is 61.2 Å². The molecule has 2 aromatic carbocycles. The largest absolute Gasteiger partial charge is 0.314 e. The Balaban J connectivity index is 2.30. The number of fused-ring (bicyclic) bond motifs is 1. The molecule has 0 aromatic heterocycles. The first kappa shape index (κ1) is 15.7. The summed E-state index contributed by atoms with van der Waals surface area (Å²) in [7, 11) is -3.93. The van der Waals surface area contributed by atoms with Gasteiger partial charge in [-0.25, -0.2) is 12.8 Å². The van der Waals surface area contributed by atoms with Crippen LogP contribution in [0.3, 0.4) is 0 Å². The Morgan fingerprint density at radius 3 is 2.61 bits per heavy atom. The van der Waals surface area contributed by atoms with Crippen LogP contribution >= 0.6 is 15.9 Å². The minimum atomic E-state index is -3.93. The van der Waals surface area contributed by atoms with Gasteiger partial charge in [0, 0.05) is 16.4 Å². The highest BCUT2D eigenvalue weighted by Crippen LogP contribution is 2.40. The average Bonchev–Trinajstić information content (AvgIpc) is 2.50. The molecular weight excluding hydrogens is 383 g/mol. The average molecular weight is 393 g/mol. The highest BCUT2D eigenvalue weighted by atomic mass is 79.9. The summed E-state index contributed by atoms with van der Waals surface area (Å²) < 4.78 is 39.3. The smallest absolute Gasteiger partial charge is 0.220 e. The summed E-state index contributed by atoms with van der Waals surface area (Å²) >= 11 is 3.40. The molecule has 4 nitrogen and oxygen atoms in total. The minimum Gasteiger partial charge on any atom is -0.314 e. The first-order valence-electron chi connectivity index (χ1n) is 6.56. The van der Waals surface area contributed by atoms with E-state index in [-0.39, 0.29) is 15.5 Å². The molecule has 0 spiro atoms. The quantitative estimate of drug-likeness (QED) is 0.682. The van der Waals surface area contributed by atoms with Crippen LogP contribution in [0.4, 0.5) is 15.8 Å². The van der Waals surface area contributed by atoms with Crippen LogP contribution in [0.1, 0.15) is 5.56 Å². The fraction of sp³-hybridized carbons (Fsp3) is 0.0625.